The number of amides is 3. The first-order valence-electron chi connectivity index (χ1n) is 6.06. The van der Waals surface area contributed by atoms with Crippen molar-refractivity contribution in [1.29, 1.82) is 0 Å². The van der Waals surface area contributed by atoms with Gasteiger partial charge in [-0.15, -0.1) is 0 Å². The predicted octanol–water partition coefficient (Wildman–Crippen LogP) is 0.200. The number of aromatic nitrogens is 1. The van der Waals surface area contributed by atoms with Crippen molar-refractivity contribution in [2.24, 2.45) is 0 Å². The van der Waals surface area contributed by atoms with Gasteiger partial charge in [-0.25, -0.2) is 4.98 Å². The molecule has 0 aliphatic heterocycles. The Labute approximate surface area is 116 Å². The Balaban J connectivity index is 2.19. The Morgan fingerprint density at radius 3 is 2.40 bits per heavy atom. The number of carbonyl (C=O) groups excluding carboxylic acids is 3. The Kier molecular flexibility index (Phi) is 3.69. The molecule has 1 fully saturated rings. The van der Waals surface area contributed by atoms with E-state index in [9.17, 15) is 14.4 Å². The van der Waals surface area contributed by atoms with Gasteiger partial charge in [-0.1, -0.05) is 0 Å². The van der Waals surface area contributed by atoms with Gasteiger partial charge in [0.25, 0.3) is 5.91 Å². The first-order valence-corrected chi connectivity index (χ1v) is 6.06. The maximum Gasteiger partial charge on any atom is 0.253 e. The highest BCUT2D eigenvalue weighted by molar-refractivity contribution is 6.04. The van der Waals surface area contributed by atoms with Crippen LogP contribution in [0.5, 0.6) is 5.88 Å². The maximum absolute atomic E-state index is 12.4. The van der Waals surface area contributed by atoms with Crippen LogP contribution < -0.4 is 9.64 Å². The zero-order chi connectivity index (χ0) is 14.8. The lowest BCUT2D eigenvalue weighted by Gasteiger charge is -2.27. The summed E-state index contributed by atoms with van der Waals surface area (Å²) in [5.74, 6) is 0.141. The van der Waals surface area contributed by atoms with Gasteiger partial charge < -0.3 is 9.64 Å². The molecule has 3 amide bonds. The Morgan fingerprint density at radius 2 is 2.00 bits per heavy atom. The number of nitrogens with zero attached hydrogens (tertiary/aromatic N) is 3. The van der Waals surface area contributed by atoms with Crippen LogP contribution in [0.3, 0.4) is 0 Å². The van der Waals surface area contributed by atoms with Gasteiger partial charge >= 0.3 is 0 Å². The molecule has 1 heterocycles. The van der Waals surface area contributed by atoms with Crippen molar-refractivity contribution in [3.05, 3.63) is 18.3 Å². The normalized spacial score (nSPS) is 15.1. The lowest BCUT2D eigenvalue weighted by atomic mass is 10.2. The quantitative estimate of drug-likeness (QED) is 0.694. The zero-order valence-electron chi connectivity index (χ0n) is 11.3. The summed E-state index contributed by atoms with van der Waals surface area (Å²) in [5.41, 5.74) is -0.461. The molecule has 106 valence electrons. The van der Waals surface area contributed by atoms with Crippen LogP contribution in [0, 0.1) is 0 Å². The third kappa shape index (κ3) is 2.22. The van der Waals surface area contributed by atoms with E-state index in [1.165, 1.54) is 18.2 Å². The van der Waals surface area contributed by atoms with Crippen LogP contribution in [0.2, 0.25) is 0 Å². The van der Waals surface area contributed by atoms with Crippen LogP contribution in [-0.4, -0.2) is 48.3 Å². The summed E-state index contributed by atoms with van der Waals surface area (Å²) < 4.78 is 4.95. The predicted molar refractivity (Wildman–Crippen MR) is 70.1 cm³/mol. The van der Waals surface area contributed by atoms with Gasteiger partial charge in [0.2, 0.25) is 18.7 Å². The van der Waals surface area contributed by atoms with Crippen LogP contribution >= 0.6 is 0 Å². The van der Waals surface area contributed by atoms with Gasteiger partial charge in [0, 0.05) is 13.1 Å². The van der Waals surface area contributed by atoms with Crippen molar-refractivity contribution in [3.63, 3.8) is 0 Å². The zero-order valence-corrected chi connectivity index (χ0v) is 11.3. The number of carbonyl (C=O) groups is 3. The largest absolute Gasteiger partial charge is 0.481 e. The molecule has 0 radical (unpaired) electrons. The number of hydrogen-bond donors (Lipinski definition) is 0. The number of ether oxygens (including phenoxy) is 1. The number of hydrogen-bond acceptors (Lipinski definition) is 5. The molecule has 1 saturated carbocycles. The number of imide groups is 1. The minimum atomic E-state index is -1.03. The van der Waals surface area contributed by atoms with Crippen molar-refractivity contribution >= 4 is 24.4 Å². The molecular weight excluding hydrogens is 262 g/mol. The van der Waals surface area contributed by atoms with Crippen molar-refractivity contribution in [2.75, 3.05) is 19.1 Å². The maximum atomic E-state index is 12.4. The standard InChI is InChI=1S/C13H15N3O4/c1-15(10-3-4-11(20-2)14-7-10)12(19)13(5-6-13)16(8-17)9-18/h3-4,7-9H,5-6H2,1-2H3. The van der Waals surface area contributed by atoms with E-state index in [0.717, 1.165) is 4.90 Å². The topological polar surface area (TPSA) is 79.8 Å². The Hall–Kier alpha value is -2.44. The molecule has 0 atom stereocenters. The van der Waals surface area contributed by atoms with E-state index in [4.69, 9.17) is 4.74 Å². The van der Waals surface area contributed by atoms with Gasteiger partial charge in [0.15, 0.2) is 0 Å². The number of methoxy groups -OCH3 is 1. The molecule has 1 aromatic rings. The number of likely N-dealkylation sites (N-methyl/N-ethyl adjacent to an activating group) is 1. The molecule has 1 aliphatic carbocycles. The SMILES string of the molecule is COc1ccc(N(C)C(=O)C2(N(C=O)C=O)CC2)cn1. The summed E-state index contributed by atoms with van der Waals surface area (Å²) in [6.45, 7) is 0. The molecule has 1 aromatic heterocycles. The summed E-state index contributed by atoms with van der Waals surface area (Å²) >= 11 is 0. The lowest BCUT2D eigenvalue weighted by Crippen LogP contribution is -2.49. The van der Waals surface area contributed by atoms with Gasteiger partial charge in [-0.05, 0) is 18.9 Å². The summed E-state index contributed by atoms with van der Waals surface area (Å²) in [4.78, 5) is 40.5. The first kappa shape index (κ1) is 14.0. The second-order valence-corrected chi connectivity index (χ2v) is 4.57. The molecule has 0 saturated heterocycles. The third-order valence-corrected chi connectivity index (χ3v) is 3.46. The summed E-state index contributed by atoms with van der Waals surface area (Å²) in [5, 5.41) is 0. The van der Waals surface area contributed by atoms with Crippen LogP contribution in [-0.2, 0) is 14.4 Å². The van der Waals surface area contributed by atoms with E-state index < -0.39 is 5.54 Å². The van der Waals surface area contributed by atoms with E-state index in [1.807, 2.05) is 0 Å². The highest BCUT2D eigenvalue weighted by Crippen LogP contribution is 2.42. The second kappa shape index (κ2) is 5.28. The monoisotopic (exact) mass is 277 g/mol. The summed E-state index contributed by atoms with van der Waals surface area (Å²) in [7, 11) is 3.09. The van der Waals surface area contributed by atoms with Crippen LogP contribution in [0.1, 0.15) is 12.8 Å². The van der Waals surface area contributed by atoms with Crippen LogP contribution in [0.15, 0.2) is 18.3 Å². The van der Waals surface area contributed by atoms with Crippen molar-refractivity contribution in [2.45, 2.75) is 18.4 Å². The Bertz CT molecular complexity index is 517. The smallest absolute Gasteiger partial charge is 0.253 e. The summed E-state index contributed by atoms with van der Waals surface area (Å²) in [6, 6.07) is 3.32. The van der Waals surface area contributed by atoms with Crippen molar-refractivity contribution < 1.29 is 19.1 Å². The molecule has 0 spiro atoms. The minimum Gasteiger partial charge on any atom is -0.481 e. The molecule has 0 N–H and O–H groups in total. The minimum absolute atomic E-state index is 0.302. The molecular formula is C13H15N3O4. The average Bonchev–Trinajstić information content (AvgIpc) is 3.29. The molecule has 0 bridgehead atoms. The number of anilines is 1. The van der Waals surface area contributed by atoms with E-state index in [1.54, 1.807) is 19.2 Å². The van der Waals surface area contributed by atoms with Gasteiger partial charge in [-0.2, -0.15) is 0 Å². The Morgan fingerprint density at radius 1 is 1.35 bits per heavy atom. The molecule has 20 heavy (non-hydrogen) atoms. The van der Waals surface area contributed by atoms with E-state index in [0.29, 0.717) is 37.2 Å². The molecule has 0 aromatic carbocycles. The average molecular weight is 277 g/mol. The summed E-state index contributed by atoms with van der Waals surface area (Å²) in [6.07, 6.45) is 3.24. The second-order valence-electron chi connectivity index (χ2n) is 4.57. The van der Waals surface area contributed by atoms with Crippen LogP contribution in [0.25, 0.3) is 0 Å². The highest BCUT2D eigenvalue weighted by Gasteiger charge is 2.56. The van der Waals surface area contributed by atoms with E-state index >= 15 is 0 Å². The molecule has 7 nitrogen and oxygen atoms in total. The fourth-order valence-electron chi connectivity index (χ4n) is 2.05. The third-order valence-electron chi connectivity index (χ3n) is 3.46. The van der Waals surface area contributed by atoms with Gasteiger partial charge in [0.05, 0.1) is 19.0 Å². The van der Waals surface area contributed by atoms with Crippen molar-refractivity contribution in [3.8, 4) is 5.88 Å². The molecule has 0 unspecified atom stereocenters. The van der Waals surface area contributed by atoms with Gasteiger partial charge in [0.1, 0.15) is 5.54 Å². The van der Waals surface area contributed by atoms with E-state index in [2.05, 4.69) is 4.98 Å². The van der Waals surface area contributed by atoms with Crippen molar-refractivity contribution in [1.82, 2.24) is 9.88 Å². The lowest BCUT2D eigenvalue weighted by molar-refractivity contribution is -0.140. The molecule has 1 aliphatic rings. The first-order chi connectivity index (χ1) is 9.58. The molecule has 2 rings (SSSR count). The fraction of sp³-hybridized carbons (Fsp3) is 0.385. The van der Waals surface area contributed by atoms with Gasteiger partial charge in [-0.3, -0.25) is 19.3 Å². The van der Waals surface area contributed by atoms with Crippen LogP contribution in [0.4, 0.5) is 5.69 Å². The highest BCUT2D eigenvalue weighted by atomic mass is 16.5. The number of pyridine rings is 1. The fourth-order valence-corrected chi connectivity index (χ4v) is 2.05. The van der Waals surface area contributed by atoms with E-state index in [-0.39, 0.29) is 5.91 Å². The molecule has 7 heteroatoms. The number of rotatable bonds is 6.